The van der Waals surface area contributed by atoms with Crippen LogP contribution in [0.4, 0.5) is 5.69 Å². The Bertz CT molecular complexity index is 1400. The average Bonchev–Trinajstić information content (AvgIpc) is 3.50. The molecule has 0 radical (unpaired) electrons. The summed E-state index contributed by atoms with van der Waals surface area (Å²) in [6.45, 7) is 8.37. The van der Waals surface area contributed by atoms with Crippen molar-refractivity contribution < 1.29 is 14.0 Å². The van der Waals surface area contributed by atoms with Gasteiger partial charge in [-0.3, -0.25) is 19.2 Å². The third-order valence-electron chi connectivity index (χ3n) is 6.58. The van der Waals surface area contributed by atoms with Crippen LogP contribution in [0.3, 0.4) is 0 Å². The van der Waals surface area contributed by atoms with Crippen LogP contribution in [0.1, 0.15) is 39.7 Å². The predicted octanol–water partition coefficient (Wildman–Crippen LogP) is 4.80. The van der Waals surface area contributed by atoms with Crippen molar-refractivity contribution in [2.24, 2.45) is 0 Å². The zero-order valence-electron chi connectivity index (χ0n) is 20.3. The number of aryl methyl sites for hydroxylation is 3. The van der Waals surface area contributed by atoms with Gasteiger partial charge in [0.1, 0.15) is 16.9 Å². The number of rotatable bonds is 5. The van der Waals surface area contributed by atoms with Gasteiger partial charge in [0.2, 0.25) is 5.91 Å². The largest absolute Gasteiger partial charge is 0.463 e. The highest BCUT2D eigenvalue weighted by Crippen LogP contribution is 2.36. The van der Waals surface area contributed by atoms with Crippen molar-refractivity contribution in [3.8, 4) is 11.5 Å². The highest BCUT2D eigenvalue weighted by atomic mass is 16.3. The van der Waals surface area contributed by atoms with E-state index in [1.807, 2.05) is 63.2 Å². The molecule has 1 atom stereocenters. The lowest BCUT2D eigenvalue weighted by atomic mass is 9.92. The summed E-state index contributed by atoms with van der Waals surface area (Å²) in [5.41, 5.74) is 4.66. The van der Waals surface area contributed by atoms with Crippen molar-refractivity contribution in [2.45, 2.75) is 46.3 Å². The summed E-state index contributed by atoms with van der Waals surface area (Å²) in [6.07, 6.45) is 1.57. The van der Waals surface area contributed by atoms with E-state index >= 15 is 0 Å². The fourth-order valence-corrected chi connectivity index (χ4v) is 4.64. The summed E-state index contributed by atoms with van der Waals surface area (Å²) < 4.78 is 7.11. The molecule has 1 aliphatic heterocycles. The van der Waals surface area contributed by atoms with Crippen molar-refractivity contribution in [3.63, 3.8) is 0 Å². The minimum absolute atomic E-state index is 0.210. The van der Waals surface area contributed by atoms with E-state index in [1.54, 1.807) is 41.0 Å². The third kappa shape index (κ3) is 4.03. The van der Waals surface area contributed by atoms with Crippen LogP contribution < -0.4 is 10.2 Å². The first kappa shape index (κ1) is 22.7. The Morgan fingerprint density at radius 3 is 2.49 bits per heavy atom. The summed E-state index contributed by atoms with van der Waals surface area (Å²) in [5, 5.41) is 7.66. The van der Waals surface area contributed by atoms with E-state index < -0.39 is 5.54 Å². The SMILES string of the molecule is Cc1ccc(CNC(=O)[C@@]2(C)Cn3nc(-c4ccco4)cc3C(=O)N2c2ccc(C)cc2C)cc1. The van der Waals surface area contributed by atoms with E-state index in [9.17, 15) is 9.59 Å². The second-order valence-corrected chi connectivity index (χ2v) is 9.42. The molecule has 3 heterocycles. The summed E-state index contributed by atoms with van der Waals surface area (Å²) >= 11 is 0. The molecule has 7 heteroatoms. The van der Waals surface area contributed by atoms with Crippen LogP contribution >= 0.6 is 0 Å². The van der Waals surface area contributed by atoms with Crippen molar-refractivity contribution in [2.75, 3.05) is 4.90 Å². The van der Waals surface area contributed by atoms with Crippen molar-refractivity contribution in [1.82, 2.24) is 15.1 Å². The number of nitrogens with one attached hydrogen (secondary N) is 1. The Morgan fingerprint density at radius 2 is 1.80 bits per heavy atom. The van der Waals surface area contributed by atoms with E-state index in [0.717, 1.165) is 22.3 Å². The second-order valence-electron chi connectivity index (χ2n) is 9.42. The third-order valence-corrected chi connectivity index (χ3v) is 6.58. The molecule has 2 aromatic carbocycles. The number of benzene rings is 2. The molecule has 35 heavy (non-hydrogen) atoms. The Balaban J connectivity index is 1.55. The number of furan rings is 1. The average molecular weight is 469 g/mol. The number of aromatic nitrogens is 2. The Kier molecular flexibility index (Phi) is 5.55. The lowest BCUT2D eigenvalue weighted by molar-refractivity contribution is -0.126. The van der Waals surface area contributed by atoms with Crippen molar-refractivity contribution in [3.05, 3.63) is 94.9 Å². The van der Waals surface area contributed by atoms with Gasteiger partial charge in [-0.25, -0.2) is 0 Å². The van der Waals surface area contributed by atoms with Gasteiger partial charge in [-0.2, -0.15) is 5.10 Å². The molecule has 5 rings (SSSR count). The van der Waals surface area contributed by atoms with Crippen LogP contribution in [0.25, 0.3) is 11.5 Å². The highest BCUT2D eigenvalue weighted by Gasteiger charge is 2.49. The molecule has 1 aliphatic rings. The Morgan fingerprint density at radius 1 is 1.06 bits per heavy atom. The van der Waals surface area contributed by atoms with E-state index in [4.69, 9.17) is 4.42 Å². The molecule has 0 unspecified atom stereocenters. The number of nitrogens with zero attached hydrogens (tertiary/aromatic N) is 3. The zero-order valence-corrected chi connectivity index (χ0v) is 20.3. The maximum Gasteiger partial charge on any atom is 0.277 e. The molecule has 7 nitrogen and oxygen atoms in total. The van der Waals surface area contributed by atoms with Gasteiger partial charge in [-0.05, 0) is 57.0 Å². The van der Waals surface area contributed by atoms with Gasteiger partial charge in [-0.1, -0.05) is 47.5 Å². The molecule has 2 aromatic heterocycles. The van der Waals surface area contributed by atoms with E-state index in [2.05, 4.69) is 10.4 Å². The number of fused-ring (bicyclic) bond motifs is 1. The summed E-state index contributed by atoms with van der Waals surface area (Å²) in [4.78, 5) is 29.3. The minimum atomic E-state index is -1.19. The van der Waals surface area contributed by atoms with Gasteiger partial charge in [-0.15, -0.1) is 0 Å². The van der Waals surface area contributed by atoms with E-state index in [-0.39, 0.29) is 18.4 Å². The first-order valence-corrected chi connectivity index (χ1v) is 11.6. The van der Waals surface area contributed by atoms with Crippen molar-refractivity contribution >= 4 is 17.5 Å². The molecule has 0 aliphatic carbocycles. The number of hydrogen-bond donors (Lipinski definition) is 1. The quantitative estimate of drug-likeness (QED) is 0.456. The lowest BCUT2D eigenvalue weighted by Gasteiger charge is -2.43. The zero-order chi connectivity index (χ0) is 24.7. The van der Waals surface area contributed by atoms with Crippen LogP contribution in [0.15, 0.2) is 71.3 Å². The van der Waals surface area contributed by atoms with Crippen LogP contribution in [0.5, 0.6) is 0 Å². The highest BCUT2D eigenvalue weighted by molar-refractivity contribution is 6.12. The number of hydrogen-bond acceptors (Lipinski definition) is 4. The molecule has 0 fully saturated rings. The first-order valence-electron chi connectivity index (χ1n) is 11.6. The van der Waals surface area contributed by atoms with Gasteiger partial charge in [0.25, 0.3) is 5.91 Å². The monoisotopic (exact) mass is 468 g/mol. The van der Waals surface area contributed by atoms with Gasteiger partial charge in [0.05, 0.1) is 12.8 Å². The summed E-state index contributed by atoms with van der Waals surface area (Å²) in [5.74, 6) is 0.0527. The maximum atomic E-state index is 13.9. The molecule has 178 valence electrons. The topological polar surface area (TPSA) is 80.4 Å². The number of anilines is 1. The molecule has 1 N–H and O–H groups in total. The van der Waals surface area contributed by atoms with Gasteiger partial charge in [0.15, 0.2) is 5.76 Å². The molecule has 0 saturated carbocycles. The molecule has 0 spiro atoms. The number of amides is 2. The Hall–Kier alpha value is -4.13. The predicted molar refractivity (Wildman–Crippen MR) is 134 cm³/mol. The normalized spacial score (nSPS) is 17.4. The molecule has 4 aromatic rings. The molecule has 2 amide bonds. The fraction of sp³-hybridized carbons (Fsp3) is 0.250. The fourth-order valence-electron chi connectivity index (χ4n) is 4.64. The summed E-state index contributed by atoms with van der Waals surface area (Å²) in [7, 11) is 0. The van der Waals surface area contributed by atoms with Gasteiger partial charge in [0, 0.05) is 18.3 Å². The Labute approximate surface area is 204 Å². The van der Waals surface area contributed by atoms with E-state index in [0.29, 0.717) is 29.4 Å². The van der Waals surface area contributed by atoms with Gasteiger partial charge < -0.3 is 9.73 Å². The minimum Gasteiger partial charge on any atom is -0.463 e. The van der Waals surface area contributed by atoms with Crippen LogP contribution in [-0.4, -0.2) is 27.1 Å². The van der Waals surface area contributed by atoms with Crippen LogP contribution in [-0.2, 0) is 17.9 Å². The second kappa shape index (κ2) is 8.58. The molecule has 0 bridgehead atoms. The lowest BCUT2D eigenvalue weighted by Crippen LogP contribution is -2.64. The molecular weight excluding hydrogens is 440 g/mol. The first-order chi connectivity index (χ1) is 16.8. The maximum absolute atomic E-state index is 13.9. The standard InChI is InChI=1S/C28H28N4O3/c1-18-7-10-21(11-8-18)16-29-27(34)28(4)17-31-24(15-22(30-31)25-6-5-13-35-25)26(33)32(28)23-12-9-19(2)14-20(23)3/h5-15H,16-17H2,1-4H3,(H,29,34)/t28-/m1/s1. The van der Waals surface area contributed by atoms with Crippen molar-refractivity contribution in [1.29, 1.82) is 0 Å². The van der Waals surface area contributed by atoms with Gasteiger partial charge >= 0.3 is 0 Å². The summed E-state index contributed by atoms with van der Waals surface area (Å²) in [6, 6.07) is 19.2. The molecule has 0 saturated heterocycles. The van der Waals surface area contributed by atoms with Crippen LogP contribution in [0, 0.1) is 20.8 Å². The molecular formula is C28H28N4O3. The van der Waals surface area contributed by atoms with Crippen LogP contribution in [0.2, 0.25) is 0 Å². The number of carbonyl (C=O) groups is 2. The number of carbonyl (C=O) groups excluding carboxylic acids is 2. The smallest absolute Gasteiger partial charge is 0.277 e. The van der Waals surface area contributed by atoms with E-state index in [1.165, 1.54) is 0 Å².